The minimum absolute atomic E-state index is 0.0290. The summed E-state index contributed by atoms with van der Waals surface area (Å²) < 4.78 is 11.7. The average molecular weight is 338 g/mol. The van der Waals surface area contributed by atoms with Gasteiger partial charge in [0.25, 0.3) is 0 Å². The molecule has 2 fully saturated rings. The number of rotatable bonds is 4. The second-order valence-corrected chi connectivity index (χ2v) is 8.68. The number of carbonyl (C=O) groups excluding carboxylic acids is 1. The number of urea groups is 1. The molecule has 0 spiro atoms. The molecule has 6 nitrogen and oxygen atoms in total. The number of carbonyl (C=O) groups is 1. The van der Waals surface area contributed by atoms with Gasteiger partial charge in [0.05, 0.1) is 10.4 Å². The van der Waals surface area contributed by atoms with E-state index in [9.17, 15) is 9.00 Å². The molecule has 1 saturated heterocycles. The molecule has 23 heavy (non-hydrogen) atoms. The number of aryl methyl sites for hydroxylation is 1. The summed E-state index contributed by atoms with van der Waals surface area (Å²) in [7, 11) is -0.885. The number of likely N-dealkylation sites (tertiary alicyclic amines) is 1. The first-order valence-corrected chi connectivity index (χ1v) is 9.94. The molecule has 1 aliphatic heterocycles. The van der Waals surface area contributed by atoms with Crippen LogP contribution in [0.4, 0.5) is 4.79 Å². The summed E-state index contributed by atoms with van der Waals surface area (Å²) in [6.45, 7) is 4.01. The molecule has 2 aliphatic rings. The highest BCUT2D eigenvalue weighted by Crippen LogP contribution is 2.36. The Bertz CT molecular complexity index is 597. The molecule has 1 aromatic rings. The van der Waals surface area contributed by atoms with E-state index in [2.05, 4.69) is 21.6 Å². The predicted octanol–water partition coefficient (Wildman–Crippen LogP) is 1.91. The molecular formula is C16H26N4O2S. The van der Waals surface area contributed by atoms with E-state index in [4.69, 9.17) is 0 Å². The van der Waals surface area contributed by atoms with Crippen molar-refractivity contribution in [3.8, 4) is 0 Å². The number of aromatic nitrogens is 2. The van der Waals surface area contributed by atoms with Gasteiger partial charge in [-0.1, -0.05) is 6.42 Å². The zero-order chi connectivity index (χ0) is 16.4. The zero-order valence-corrected chi connectivity index (χ0v) is 14.7. The Morgan fingerprint density at radius 1 is 1.52 bits per heavy atom. The monoisotopic (exact) mass is 338 g/mol. The molecule has 0 radical (unpaired) electrons. The maximum Gasteiger partial charge on any atom is 0.317 e. The highest BCUT2D eigenvalue weighted by atomic mass is 32.2. The van der Waals surface area contributed by atoms with Gasteiger partial charge in [-0.15, -0.1) is 0 Å². The van der Waals surface area contributed by atoms with Crippen molar-refractivity contribution in [1.29, 1.82) is 0 Å². The highest BCUT2D eigenvalue weighted by Gasteiger charge is 2.41. The van der Waals surface area contributed by atoms with Crippen LogP contribution in [0.1, 0.15) is 49.4 Å². The second kappa shape index (κ2) is 6.63. The summed E-state index contributed by atoms with van der Waals surface area (Å²) in [5, 5.41) is 10.3. The van der Waals surface area contributed by atoms with Crippen molar-refractivity contribution in [2.45, 2.75) is 49.7 Å². The van der Waals surface area contributed by atoms with Crippen LogP contribution in [0.5, 0.6) is 0 Å². The van der Waals surface area contributed by atoms with Crippen molar-refractivity contribution in [2.75, 3.05) is 25.9 Å². The second-order valence-electron chi connectivity index (χ2n) is 6.91. The smallest absolute Gasteiger partial charge is 0.317 e. The summed E-state index contributed by atoms with van der Waals surface area (Å²) in [6.07, 6.45) is 6.82. The average Bonchev–Trinajstić information content (AvgIpc) is 2.92. The maximum atomic E-state index is 12.5. The van der Waals surface area contributed by atoms with Crippen LogP contribution in [0.3, 0.4) is 0 Å². The number of amides is 2. The van der Waals surface area contributed by atoms with Crippen molar-refractivity contribution in [3.05, 3.63) is 17.5 Å². The number of piperidine rings is 1. The molecule has 1 aliphatic carbocycles. The van der Waals surface area contributed by atoms with Gasteiger partial charge in [-0.05, 0) is 38.7 Å². The third-order valence-corrected chi connectivity index (χ3v) is 7.06. The predicted molar refractivity (Wildman–Crippen MR) is 90.9 cm³/mol. The van der Waals surface area contributed by atoms with Gasteiger partial charge in [0.1, 0.15) is 0 Å². The lowest BCUT2D eigenvalue weighted by Gasteiger charge is -2.40. The normalized spacial score (nSPS) is 24.8. The standard InChI is InChI=1S/C16H26N4O2S/c1-12-9-14(19-18-12)13-5-3-8-20(10-13)15(21)17-11-16(23(2)22)6-4-7-16/h9,13H,3-8,10-11H2,1-2H3,(H,17,21)(H,18,19). The molecule has 0 aromatic carbocycles. The van der Waals surface area contributed by atoms with Crippen molar-refractivity contribution < 1.29 is 9.00 Å². The lowest BCUT2D eigenvalue weighted by atomic mass is 9.84. The summed E-state index contributed by atoms with van der Waals surface area (Å²) in [5.74, 6) is 0.303. The van der Waals surface area contributed by atoms with Crippen LogP contribution in [-0.2, 0) is 10.8 Å². The molecule has 1 saturated carbocycles. The summed E-state index contributed by atoms with van der Waals surface area (Å²) in [4.78, 5) is 14.4. The van der Waals surface area contributed by atoms with E-state index in [1.807, 2.05) is 11.8 Å². The third kappa shape index (κ3) is 3.44. The van der Waals surface area contributed by atoms with E-state index in [-0.39, 0.29) is 10.8 Å². The van der Waals surface area contributed by atoms with Gasteiger partial charge < -0.3 is 10.2 Å². The molecule has 2 unspecified atom stereocenters. The Balaban J connectivity index is 1.56. The Hall–Kier alpha value is -1.37. The van der Waals surface area contributed by atoms with E-state index >= 15 is 0 Å². The Labute approximate surface area is 139 Å². The molecule has 0 bridgehead atoms. The highest BCUT2D eigenvalue weighted by molar-refractivity contribution is 7.85. The van der Waals surface area contributed by atoms with Crippen LogP contribution in [0.2, 0.25) is 0 Å². The first-order chi connectivity index (χ1) is 11.0. The summed E-state index contributed by atoms with van der Waals surface area (Å²) in [6, 6.07) is 2.04. The molecular weight excluding hydrogens is 312 g/mol. The molecule has 3 rings (SSSR count). The molecule has 1 aromatic heterocycles. The van der Waals surface area contributed by atoms with Gasteiger partial charge in [-0.3, -0.25) is 9.31 Å². The first-order valence-electron chi connectivity index (χ1n) is 8.38. The van der Waals surface area contributed by atoms with E-state index in [0.717, 1.165) is 50.0 Å². The number of nitrogens with one attached hydrogen (secondary N) is 2. The number of nitrogens with zero attached hydrogens (tertiary/aromatic N) is 2. The third-order valence-electron chi connectivity index (χ3n) is 5.29. The number of aromatic amines is 1. The van der Waals surface area contributed by atoms with Gasteiger partial charge in [0, 0.05) is 48.3 Å². The van der Waals surface area contributed by atoms with Crippen LogP contribution < -0.4 is 5.32 Å². The van der Waals surface area contributed by atoms with Crippen LogP contribution in [0, 0.1) is 6.92 Å². The lowest BCUT2D eigenvalue weighted by Crippen LogP contribution is -2.54. The minimum Gasteiger partial charge on any atom is -0.336 e. The number of H-pyrrole nitrogens is 1. The van der Waals surface area contributed by atoms with E-state index in [1.54, 1.807) is 6.26 Å². The lowest BCUT2D eigenvalue weighted by molar-refractivity contribution is 0.175. The SMILES string of the molecule is Cc1cc(C2CCCN(C(=O)NCC3(S(C)=O)CCC3)C2)n[nH]1. The summed E-state index contributed by atoms with van der Waals surface area (Å²) >= 11 is 0. The largest absolute Gasteiger partial charge is 0.336 e. The molecule has 2 atom stereocenters. The number of hydrogen-bond donors (Lipinski definition) is 2. The molecule has 7 heteroatoms. The quantitative estimate of drug-likeness (QED) is 0.880. The molecule has 2 heterocycles. The Morgan fingerprint density at radius 2 is 2.30 bits per heavy atom. The van der Waals surface area contributed by atoms with Crippen molar-refractivity contribution in [2.24, 2.45) is 0 Å². The van der Waals surface area contributed by atoms with Crippen molar-refractivity contribution >= 4 is 16.8 Å². The molecule has 128 valence electrons. The van der Waals surface area contributed by atoms with E-state index in [0.29, 0.717) is 19.0 Å². The van der Waals surface area contributed by atoms with Crippen LogP contribution >= 0.6 is 0 Å². The number of hydrogen-bond acceptors (Lipinski definition) is 3. The minimum atomic E-state index is -0.885. The topological polar surface area (TPSA) is 78.1 Å². The fraction of sp³-hybridized carbons (Fsp3) is 0.750. The fourth-order valence-electron chi connectivity index (χ4n) is 3.54. The van der Waals surface area contributed by atoms with Gasteiger partial charge >= 0.3 is 6.03 Å². The Morgan fingerprint density at radius 3 is 2.87 bits per heavy atom. The van der Waals surface area contributed by atoms with Crippen LogP contribution in [0.25, 0.3) is 0 Å². The van der Waals surface area contributed by atoms with Crippen molar-refractivity contribution in [3.63, 3.8) is 0 Å². The Kier molecular flexibility index (Phi) is 4.75. The summed E-state index contributed by atoms with van der Waals surface area (Å²) in [5.41, 5.74) is 2.10. The van der Waals surface area contributed by atoms with E-state index < -0.39 is 10.8 Å². The maximum absolute atomic E-state index is 12.5. The van der Waals surface area contributed by atoms with Crippen LogP contribution in [-0.4, -0.2) is 56.0 Å². The van der Waals surface area contributed by atoms with Gasteiger partial charge in [-0.25, -0.2) is 4.79 Å². The molecule has 2 N–H and O–H groups in total. The van der Waals surface area contributed by atoms with Gasteiger partial charge in [-0.2, -0.15) is 5.10 Å². The van der Waals surface area contributed by atoms with Gasteiger partial charge in [0.15, 0.2) is 0 Å². The molecule has 2 amide bonds. The van der Waals surface area contributed by atoms with Gasteiger partial charge in [0.2, 0.25) is 0 Å². The fourth-order valence-corrected chi connectivity index (χ4v) is 4.68. The van der Waals surface area contributed by atoms with Crippen molar-refractivity contribution in [1.82, 2.24) is 20.4 Å². The first kappa shape index (κ1) is 16.5. The zero-order valence-electron chi connectivity index (χ0n) is 13.9. The van der Waals surface area contributed by atoms with E-state index in [1.165, 1.54) is 0 Å². The van der Waals surface area contributed by atoms with Crippen LogP contribution in [0.15, 0.2) is 6.07 Å².